The van der Waals surface area contributed by atoms with E-state index in [-0.39, 0.29) is 29.0 Å². The quantitative estimate of drug-likeness (QED) is 0.334. The number of halogens is 3. The van der Waals surface area contributed by atoms with Crippen molar-refractivity contribution in [2.75, 3.05) is 55.7 Å². The van der Waals surface area contributed by atoms with Crippen LogP contribution in [0.4, 0.5) is 24.5 Å². The van der Waals surface area contributed by atoms with Crippen LogP contribution >= 0.6 is 0 Å². The van der Waals surface area contributed by atoms with Crippen LogP contribution in [0.1, 0.15) is 58.6 Å². The number of nitrogens with zero attached hydrogens (tertiary/aromatic N) is 6. The Kier molecular flexibility index (Phi) is 8.12. The molecule has 4 aliphatic heterocycles. The minimum Gasteiger partial charge on any atom is -0.379 e. The molecule has 2 aromatic carbocycles. The fraction of sp³-hybridized carbons (Fsp3) is 0.529. The molecule has 0 spiro atoms. The highest BCUT2D eigenvalue weighted by molar-refractivity contribution is 6.11. The second-order valence-corrected chi connectivity index (χ2v) is 13.5. The van der Waals surface area contributed by atoms with Crippen molar-refractivity contribution >= 4 is 23.6 Å². The van der Waals surface area contributed by atoms with Crippen LogP contribution in [-0.4, -0.2) is 77.8 Å². The van der Waals surface area contributed by atoms with Gasteiger partial charge >= 0.3 is 6.18 Å². The Morgan fingerprint density at radius 3 is 2.54 bits per heavy atom. The number of amides is 1. The van der Waals surface area contributed by atoms with E-state index < -0.39 is 17.6 Å². The van der Waals surface area contributed by atoms with Crippen LogP contribution in [0.25, 0.3) is 0 Å². The number of benzene rings is 2. The topological polar surface area (TPSA) is 83.8 Å². The first-order valence-corrected chi connectivity index (χ1v) is 16.1. The number of fused-ring (bicyclic) bond motifs is 1. The van der Waals surface area contributed by atoms with Crippen molar-refractivity contribution in [3.63, 3.8) is 0 Å². The predicted molar refractivity (Wildman–Crippen MR) is 166 cm³/mol. The van der Waals surface area contributed by atoms with Crippen molar-refractivity contribution in [1.82, 2.24) is 19.7 Å². The summed E-state index contributed by atoms with van der Waals surface area (Å²) in [6, 6.07) is 10.4. The lowest BCUT2D eigenvalue weighted by molar-refractivity contribution is -0.138. The van der Waals surface area contributed by atoms with E-state index >= 15 is 0 Å². The van der Waals surface area contributed by atoms with E-state index in [1.807, 2.05) is 34.7 Å². The van der Waals surface area contributed by atoms with Gasteiger partial charge in [-0.3, -0.25) is 4.79 Å². The van der Waals surface area contributed by atoms with Crippen molar-refractivity contribution in [3.05, 3.63) is 70.8 Å². The van der Waals surface area contributed by atoms with Gasteiger partial charge in [-0.2, -0.15) is 13.2 Å². The molecule has 7 rings (SSSR count). The van der Waals surface area contributed by atoms with Gasteiger partial charge in [0.15, 0.2) is 0 Å². The number of anilines is 2. The summed E-state index contributed by atoms with van der Waals surface area (Å²) in [5.74, 6) is 0.827. The largest absolute Gasteiger partial charge is 0.416 e. The van der Waals surface area contributed by atoms with Crippen molar-refractivity contribution in [2.24, 2.45) is 18.9 Å². The fourth-order valence-corrected chi connectivity index (χ4v) is 7.62. The number of aromatic nitrogens is 3. The zero-order chi connectivity index (χ0) is 32.1. The molecule has 3 saturated heterocycles. The van der Waals surface area contributed by atoms with Gasteiger partial charge in [0.25, 0.3) is 5.91 Å². The second kappa shape index (κ2) is 12.1. The van der Waals surface area contributed by atoms with Gasteiger partial charge in [-0.25, -0.2) is 0 Å². The monoisotopic (exact) mass is 636 g/mol. The van der Waals surface area contributed by atoms with E-state index in [1.165, 1.54) is 11.0 Å². The van der Waals surface area contributed by atoms with Gasteiger partial charge in [-0.05, 0) is 80.1 Å². The Hall–Kier alpha value is -3.77. The Labute approximate surface area is 266 Å². The van der Waals surface area contributed by atoms with Crippen molar-refractivity contribution in [3.8, 4) is 0 Å². The Bertz CT molecular complexity index is 1610. The standard InChI is InChI=1S/C34H39F3N6O3/c1-40-22-38-39-31(40)15-33(20-46-21-33)25-5-2-6-26(12-25)43-18-29-28(32(43)45)13-27(14-30(29)34(35,36)37)42-9-3-4-24(17-42)16-41-10-7-23(19-44)8-11-41/h2,5-6,12-14,19,22-24H,3-4,7-11,15-18,20-21H2,1H3/t24-/m1/s1. The summed E-state index contributed by atoms with van der Waals surface area (Å²) >= 11 is 0. The molecule has 9 nitrogen and oxygen atoms in total. The maximum Gasteiger partial charge on any atom is 0.416 e. The number of rotatable bonds is 8. The normalized spacial score (nSPS) is 22.2. The fourth-order valence-electron chi connectivity index (χ4n) is 7.62. The molecule has 46 heavy (non-hydrogen) atoms. The minimum atomic E-state index is -4.60. The van der Waals surface area contributed by atoms with E-state index in [1.54, 1.807) is 18.5 Å². The van der Waals surface area contributed by atoms with Crippen LogP contribution in [0, 0.1) is 11.8 Å². The average molecular weight is 637 g/mol. The maximum absolute atomic E-state index is 14.6. The number of carbonyl (C=O) groups is 2. The smallest absolute Gasteiger partial charge is 0.379 e. The molecule has 3 fully saturated rings. The van der Waals surface area contributed by atoms with Crippen LogP contribution in [0.3, 0.4) is 0 Å². The predicted octanol–water partition coefficient (Wildman–Crippen LogP) is 4.63. The highest BCUT2D eigenvalue weighted by Gasteiger charge is 2.44. The third-order valence-corrected chi connectivity index (χ3v) is 10.4. The van der Waals surface area contributed by atoms with Gasteiger partial charge in [0.05, 0.1) is 25.3 Å². The molecule has 0 aliphatic carbocycles. The molecular weight excluding hydrogens is 597 g/mol. The molecule has 3 aromatic rings. The highest BCUT2D eigenvalue weighted by atomic mass is 19.4. The number of carbonyl (C=O) groups excluding carboxylic acids is 2. The minimum absolute atomic E-state index is 0.0269. The third kappa shape index (κ3) is 5.81. The molecule has 0 radical (unpaired) electrons. The molecule has 1 aromatic heterocycles. The number of ether oxygens (including phenoxy) is 1. The number of aldehydes is 1. The summed E-state index contributed by atoms with van der Waals surface area (Å²) in [5, 5.41) is 8.22. The van der Waals surface area contributed by atoms with Crippen LogP contribution in [0.5, 0.6) is 0 Å². The Morgan fingerprint density at radius 1 is 1.07 bits per heavy atom. The van der Waals surface area contributed by atoms with Gasteiger partial charge in [-0.1, -0.05) is 12.1 Å². The first-order valence-electron chi connectivity index (χ1n) is 16.1. The molecule has 0 unspecified atom stereocenters. The summed E-state index contributed by atoms with van der Waals surface area (Å²) < 4.78 is 51.2. The van der Waals surface area contributed by atoms with Crippen LogP contribution in [0.15, 0.2) is 42.7 Å². The summed E-state index contributed by atoms with van der Waals surface area (Å²) in [6.45, 7) is 4.71. The number of piperidine rings is 2. The van der Waals surface area contributed by atoms with Gasteiger partial charge in [-0.15, -0.1) is 10.2 Å². The van der Waals surface area contributed by atoms with E-state index in [0.717, 1.165) is 63.0 Å². The molecule has 0 saturated carbocycles. The zero-order valence-corrected chi connectivity index (χ0v) is 26.0. The van der Waals surface area contributed by atoms with E-state index in [2.05, 4.69) is 15.1 Å². The highest BCUT2D eigenvalue weighted by Crippen LogP contribution is 2.43. The second-order valence-electron chi connectivity index (χ2n) is 13.5. The van der Waals surface area contributed by atoms with Crippen LogP contribution in [-0.2, 0) is 41.1 Å². The molecule has 5 heterocycles. The number of alkyl halides is 3. The van der Waals surface area contributed by atoms with Crippen LogP contribution in [0.2, 0.25) is 0 Å². The molecule has 4 aliphatic rings. The zero-order valence-electron chi connectivity index (χ0n) is 26.0. The molecular formula is C34H39F3N6O3. The number of likely N-dealkylation sites (tertiary alicyclic amines) is 1. The Morgan fingerprint density at radius 2 is 1.87 bits per heavy atom. The number of hydrogen-bond acceptors (Lipinski definition) is 7. The molecule has 1 atom stereocenters. The van der Waals surface area contributed by atoms with E-state index in [4.69, 9.17) is 4.74 Å². The molecule has 244 valence electrons. The van der Waals surface area contributed by atoms with E-state index in [9.17, 15) is 22.8 Å². The summed E-state index contributed by atoms with van der Waals surface area (Å²) in [4.78, 5) is 30.9. The lowest BCUT2D eigenvalue weighted by atomic mass is 9.75. The summed E-state index contributed by atoms with van der Waals surface area (Å²) in [6.07, 6.45) is 2.29. The SMILES string of the molecule is Cn1cnnc1CC1(c2cccc(N3Cc4c(cc(N5CCC[C@H](CN6CCC(C=O)CC6)C5)cc4C(F)(F)F)C3=O)c2)COC1. The summed E-state index contributed by atoms with van der Waals surface area (Å²) in [7, 11) is 1.88. The van der Waals surface area contributed by atoms with Gasteiger partial charge in [0, 0.05) is 61.4 Å². The first-order chi connectivity index (χ1) is 22.1. The van der Waals surface area contributed by atoms with E-state index in [0.29, 0.717) is 50.0 Å². The molecule has 1 amide bonds. The van der Waals surface area contributed by atoms with Gasteiger partial charge in [0.2, 0.25) is 0 Å². The third-order valence-electron chi connectivity index (χ3n) is 10.4. The number of hydrogen-bond donors (Lipinski definition) is 0. The molecule has 12 heteroatoms. The van der Waals surface area contributed by atoms with Crippen molar-refractivity contribution in [2.45, 2.75) is 50.2 Å². The molecule has 0 bridgehead atoms. The lowest BCUT2D eigenvalue weighted by Crippen LogP contribution is -2.49. The van der Waals surface area contributed by atoms with Crippen molar-refractivity contribution in [1.29, 1.82) is 0 Å². The van der Waals surface area contributed by atoms with Crippen molar-refractivity contribution < 1.29 is 27.5 Å². The average Bonchev–Trinajstić information content (AvgIpc) is 3.60. The molecule has 0 N–H and O–H groups in total. The number of aryl methyl sites for hydroxylation is 1. The Balaban J connectivity index is 1.13. The maximum atomic E-state index is 14.6. The van der Waals surface area contributed by atoms with Gasteiger partial charge in [0.1, 0.15) is 18.4 Å². The van der Waals surface area contributed by atoms with Gasteiger partial charge < -0.3 is 28.8 Å². The first kappa shape index (κ1) is 30.9. The van der Waals surface area contributed by atoms with Crippen LogP contribution < -0.4 is 9.80 Å². The summed E-state index contributed by atoms with van der Waals surface area (Å²) in [5.41, 5.74) is 1.02. The lowest BCUT2D eigenvalue weighted by Gasteiger charge is -2.42.